The molecule has 2 atom stereocenters. The average molecular weight is 281 g/mol. The summed E-state index contributed by atoms with van der Waals surface area (Å²) in [4.78, 5) is 0. The van der Waals surface area contributed by atoms with Crippen molar-refractivity contribution >= 4 is 15.9 Å². The van der Waals surface area contributed by atoms with E-state index < -0.39 is 0 Å². The molecule has 2 rings (SSSR count). The molecule has 1 heteroatoms. The molecule has 0 N–H and O–H groups in total. The lowest BCUT2D eigenvalue weighted by Crippen LogP contribution is -2.19. The van der Waals surface area contributed by atoms with Crippen LogP contribution in [0.5, 0.6) is 0 Å². The average Bonchev–Trinajstić information content (AvgIpc) is 2.58. The zero-order valence-electron chi connectivity index (χ0n) is 10.4. The van der Waals surface area contributed by atoms with E-state index in [-0.39, 0.29) is 5.41 Å². The third kappa shape index (κ3) is 1.95. The van der Waals surface area contributed by atoms with Crippen molar-refractivity contribution in [3.8, 4) is 0 Å². The summed E-state index contributed by atoms with van der Waals surface area (Å²) >= 11 is 3.61. The second-order valence-corrected chi connectivity index (χ2v) is 6.08. The minimum absolute atomic E-state index is 0.273. The van der Waals surface area contributed by atoms with Crippen LogP contribution in [0.25, 0.3) is 0 Å². The molecule has 1 saturated carbocycles. The van der Waals surface area contributed by atoms with Crippen LogP contribution in [0.2, 0.25) is 0 Å². The summed E-state index contributed by atoms with van der Waals surface area (Å²) in [6.45, 7) is 8.97. The first-order valence-electron chi connectivity index (χ1n) is 6.18. The fourth-order valence-electron chi connectivity index (χ4n) is 2.97. The zero-order chi connectivity index (χ0) is 11.8. The molecule has 2 unspecified atom stereocenters. The number of rotatable bonds is 2. The van der Waals surface area contributed by atoms with Gasteiger partial charge >= 0.3 is 0 Å². The van der Waals surface area contributed by atoms with E-state index in [0.717, 1.165) is 18.2 Å². The zero-order valence-corrected chi connectivity index (χ0v) is 11.9. The van der Waals surface area contributed by atoms with Gasteiger partial charge in [-0.05, 0) is 38.5 Å². The maximum absolute atomic E-state index is 4.36. The van der Waals surface area contributed by atoms with Gasteiger partial charge in [0.1, 0.15) is 0 Å². The number of alkyl halides is 1. The van der Waals surface area contributed by atoms with Crippen molar-refractivity contribution in [2.45, 2.75) is 39.5 Å². The maximum Gasteiger partial charge on any atom is 0.00972 e. The lowest BCUT2D eigenvalue weighted by Gasteiger charge is -2.31. The van der Waals surface area contributed by atoms with E-state index in [9.17, 15) is 0 Å². The summed E-state index contributed by atoms with van der Waals surface area (Å²) in [6.07, 6.45) is 9.67. The van der Waals surface area contributed by atoms with Crippen molar-refractivity contribution in [3.63, 3.8) is 0 Å². The summed E-state index contributed by atoms with van der Waals surface area (Å²) in [6, 6.07) is 0. The molecule has 0 radical (unpaired) electrons. The molecular weight excluding hydrogens is 260 g/mol. The van der Waals surface area contributed by atoms with Gasteiger partial charge in [-0.15, -0.1) is 0 Å². The largest absolute Gasteiger partial charge is 0.0987 e. The van der Waals surface area contributed by atoms with Crippen LogP contribution in [-0.4, -0.2) is 5.33 Å². The second-order valence-electron chi connectivity index (χ2n) is 5.44. The van der Waals surface area contributed by atoms with Gasteiger partial charge in [-0.1, -0.05) is 58.3 Å². The third-order valence-electron chi connectivity index (χ3n) is 4.43. The lowest BCUT2D eigenvalue weighted by atomic mass is 9.73. The highest BCUT2D eigenvalue weighted by Gasteiger charge is 2.40. The molecule has 0 amide bonds. The van der Waals surface area contributed by atoms with Crippen molar-refractivity contribution in [3.05, 3.63) is 35.5 Å². The van der Waals surface area contributed by atoms with E-state index >= 15 is 0 Å². The first-order valence-corrected chi connectivity index (χ1v) is 7.30. The number of hydrogen-bond acceptors (Lipinski definition) is 0. The molecule has 0 nitrogen and oxygen atoms in total. The Labute approximate surface area is 108 Å². The van der Waals surface area contributed by atoms with Gasteiger partial charge in [0.15, 0.2) is 0 Å². The Kier molecular flexibility index (Phi) is 3.44. The molecule has 88 valence electrons. The van der Waals surface area contributed by atoms with Crippen LogP contribution in [0.4, 0.5) is 0 Å². The normalized spacial score (nSPS) is 34.9. The highest BCUT2D eigenvalue weighted by molar-refractivity contribution is 9.09. The SMILES string of the molecule is C=C1C(CBr)CCC1(C)C1=CCC(C)=CC1. The Bertz CT molecular complexity index is 362. The van der Waals surface area contributed by atoms with Gasteiger partial charge in [-0.3, -0.25) is 0 Å². The molecule has 0 heterocycles. The van der Waals surface area contributed by atoms with E-state index in [1.165, 1.54) is 24.0 Å². The Balaban J connectivity index is 2.18. The summed E-state index contributed by atoms with van der Waals surface area (Å²) in [5.74, 6) is 0.679. The van der Waals surface area contributed by atoms with E-state index in [1.54, 1.807) is 5.57 Å². The van der Waals surface area contributed by atoms with Crippen molar-refractivity contribution in [2.24, 2.45) is 11.3 Å². The topological polar surface area (TPSA) is 0 Å². The Morgan fingerprint density at radius 3 is 2.69 bits per heavy atom. The van der Waals surface area contributed by atoms with E-state index in [1.807, 2.05) is 0 Å². The van der Waals surface area contributed by atoms with Crippen LogP contribution in [0.1, 0.15) is 39.5 Å². The van der Waals surface area contributed by atoms with Gasteiger partial charge in [0, 0.05) is 10.7 Å². The summed E-state index contributed by atoms with van der Waals surface area (Å²) < 4.78 is 0. The predicted molar refractivity (Wildman–Crippen MR) is 74.8 cm³/mol. The Hall–Kier alpha value is -0.300. The molecule has 0 aromatic heterocycles. The van der Waals surface area contributed by atoms with Gasteiger partial charge in [0.2, 0.25) is 0 Å². The molecule has 0 aliphatic heterocycles. The van der Waals surface area contributed by atoms with Crippen molar-refractivity contribution < 1.29 is 0 Å². The van der Waals surface area contributed by atoms with Crippen LogP contribution in [0.3, 0.4) is 0 Å². The van der Waals surface area contributed by atoms with Crippen molar-refractivity contribution in [2.75, 3.05) is 5.33 Å². The van der Waals surface area contributed by atoms with Gasteiger partial charge in [-0.2, -0.15) is 0 Å². The highest BCUT2D eigenvalue weighted by atomic mass is 79.9. The highest BCUT2D eigenvalue weighted by Crippen LogP contribution is 2.52. The van der Waals surface area contributed by atoms with Crippen LogP contribution < -0.4 is 0 Å². The minimum Gasteiger partial charge on any atom is -0.0987 e. The van der Waals surface area contributed by atoms with Gasteiger partial charge in [0.25, 0.3) is 0 Å². The monoisotopic (exact) mass is 280 g/mol. The Morgan fingerprint density at radius 1 is 1.44 bits per heavy atom. The summed E-state index contributed by atoms with van der Waals surface area (Å²) in [5, 5.41) is 1.07. The lowest BCUT2D eigenvalue weighted by molar-refractivity contribution is 0.481. The smallest absolute Gasteiger partial charge is 0.00972 e. The molecule has 0 saturated heterocycles. The standard InChI is InChI=1S/C15H21Br/c1-11-4-6-14(7-5-11)15(3)9-8-13(10-16)12(15)2/h4,7,13H,2,5-6,8-10H2,1,3H3. The van der Waals surface area contributed by atoms with E-state index in [0.29, 0.717) is 5.92 Å². The molecule has 2 aliphatic rings. The Morgan fingerprint density at radius 2 is 2.19 bits per heavy atom. The fourth-order valence-corrected chi connectivity index (χ4v) is 3.69. The summed E-state index contributed by atoms with van der Waals surface area (Å²) in [5.41, 5.74) is 4.83. The first kappa shape index (κ1) is 12.2. The predicted octanol–water partition coefficient (Wildman–Crippen LogP) is 5.02. The van der Waals surface area contributed by atoms with Crippen molar-refractivity contribution in [1.82, 2.24) is 0 Å². The van der Waals surface area contributed by atoms with Gasteiger partial charge in [-0.25, -0.2) is 0 Å². The van der Waals surface area contributed by atoms with Crippen LogP contribution >= 0.6 is 15.9 Å². The van der Waals surface area contributed by atoms with Crippen LogP contribution in [0, 0.1) is 11.3 Å². The van der Waals surface area contributed by atoms with Gasteiger partial charge < -0.3 is 0 Å². The minimum atomic E-state index is 0.273. The molecule has 1 fully saturated rings. The van der Waals surface area contributed by atoms with E-state index in [4.69, 9.17) is 0 Å². The van der Waals surface area contributed by atoms with Crippen molar-refractivity contribution in [1.29, 1.82) is 0 Å². The second kappa shape index (κ2) is 4.52. The van der Waals surface area contributed by atoms with Crippen LogP contribution in [0.15, 0.2) is 35.5 Å². The third-order valence-corrected chi connectivity index (χ3v) is 5.21. The molecular formula is C15H21Br. The van der Waals surface area contributed by atoms with Crippen LogP contribution in [-0.2, 0) is 0 Å². The molecule has 16 heavy (non-hydrogen) atoms. The van der Waals surface area contributed by atoms with Gasteiger partial charge in [0.05, 0.1) is 0 Å². The maximum atomic E-state index is 4.36. The number of allylic oxidation sites excluding steroid dienone is 5. The quantitative estimate of drug-likeness (QED) is 0.492. The summed E-state index contributed by atoms with van der Waals surface area (Å²) in [7, 11) is 0. The van der Waals surface area contributed by atoms with E-state index in [2.05, 4.69) is 48.5 Å². The molecule has 0 bridgehead atoms. The first-order chi connectivity index (χ1) is 7.58. The molecule has 0 aromatic rings. The number of hydrogen-bond donors (Lipinski definition) is 0. The molecule has 0 spiro atoms. The molecule has 2 aliphatic carbocycles. The fraction of sp³-hybridized carbons (Fsp3) is 0.600. The number of halogens is 1. The molecule has 0 aromatic carbocycles.